The van der Waals surface area contributed by atoms with Gasteiger partial charge in [0.25, 0.3) is 0 Å². The first-order valence-corrected chi connectivity index (χ1v) is 6.32. The van der Waals surface area contributed by atoms with Crippen LogP contribution in [0.4, 0.5) is 0 Å². The van der Waals surface area contributed by atoms with Gasteiger partial charge in [-0.25, -0.2) is 0 Å². The maximum absolute atomic E-state index is 2.39. The van der Waals surface area contributed by atoms with Crippen LogP contribution in [0.25, 0.3) is 0 Å². The van der Waals surface area contributed by atoms with Crippen LogP contribution in [-0.4, -0.2) is 0 Å². The van der Waals surface area contributed by atoms with Gasteiger partial charge in [0.2, 0.25) is 0 Å². The molecule has 0 heterocycles. The molecule has 0 aromatic heterocycles. The Morgan fingerprint density at radius 3 is 2.40 bits per heavy atom. The summed E-state index contributed by atoms with van der Waals surface area (Å²) in [6.07, 6.45) is 4.18. The van der Waals surface area contributed by atoms with Crippen molar-refractivity contribution in [3.8, 4) is 0 Å². The molecule has 1 fully saturated rings. The van der Waals surface area contributed by atoms with Crippen molar-refractivity contribution >= 4 is 0 Å². The quantitative estimate of drug-likeness (QED) is 0.648. The molecular weight excluding hydrogens is 180 g/mol. The molecule has 0 heteroatoms. The van der Waals surface area contributed by atoms with E-state index in [1.165, 1.54) is 19.3 Å². The standard InChI is InChI=1S/C15H20/c1-10(2)14-9-13-7-11-5-3-4-6-12(11)8-15(13)14/h3-6,10,13-15H,7-9H2,1-2H3. The monoisotopic (exact) mass is 200 g/mol. The number of hydrogen-bond acceptors (Lipinski definition) is 0. The van der Waals surface area contributed by atoms with Gasteiger partial charge in [0.15, 0.2) is 0 Å². The zero-order valence-electron chi connectivity index (χ0n) is 9.74. The Balaban J connectivity index is 1.84. The van der Waals surface area contributed by atoms with Crippen molar-refractivity contribution in [1.82, 2.24) is 0 Å². The first kappa shape index (κ1) is 9.45. The van der Waals surface area contributed by atoms with Gasteiger partial charge >= 0.3 is 0 Å². The Bertz CT molecular complexity index is 364. The molecule has 0 bridgehead atoms. The van der Waals surface area contributed by atoms with E-state index in [1.807, 2.05) is 0 Å². The van der Waals surface area contributed by atoms with Gasteiger partial charge in [-0.3, -0.25) is 0 Å². The second kappa shape index (κ2) is 3.37. The highest BCUT2D eigenvalue weighted by atomic mass is 14.5. The van der Waals surface area contributed by atoms with Gasteiger partial charge in [0.1, 0.15) is 0 Å². The van der Waals surface area contributed by atoms with Crippen molar-refractivity contribution < 1.29 is 0 Å². The number of hydrogen-bond donors (Lipinski definition) is 0. The van der Waals surface area contributed by atoms with Crippen molar-refractivity contribution in [2.24, 2.45) is 23.7 Å². The second-order valence-electron chi connectivity index (χ2n) is 5.74. The van der Waals surface area contributed by atoms with Crippen molar-refractivity contribution in [3.05, 3.63) is 35.4 Å². The van der Waals surface area contributed by atoms with Gasteiger partial charge in [-0.15, -0.1) is 0 Å². The molecule has 0 amide bonds. The molecule has 15 heavy (non-hydrogen) atoms. The first-order valence-electron chi connectivity index (χ1n) is 6.32. The minimum absolute atomic E-state index is 0.886. The van der Waals surface area contributed by atoms with Crippen LogP contribution >= 0.6 is 0 Å². The van der Waals surface area contributed by atoms with Crippen LogP contribution in [0.1, 0.15) is 31.4 Å². The zero-order chi connectivity index (χ0) is 10.4. The molecule has 1 saturated carbocycles. The topological polar surface area (TPSA) is 0 Å². The van der Waals surface area contributed by atoms with E-state index >= 15 is 0 Å². The van der Waals surface area contributed by atoms with Crippen LogP contribution in [0, 0.1) is 23.7 Å². The summed E-state index contributed by atoms with van der Waals surface area (Å²) in [6, 6.07) is 9.05. The average Bonchev–Trinajstić information content (AvgIpc) is 2.20. The van der Waals surface area contributed by atoms with Crippen molar-refractivity contribution in [2.75, 3.05) is 0 Å². The summed E-state index contributed by atoms with van der Waals surface area (Å²) in [7, 11) is 0. The van der Waals surface area contributed by atoms with E-state index in [0.717, 1.165) is 23.7 Å². The summed E-state index contributed by atoms with van der Waals surface area (Å²) in [4.78, 5) is 0. The summed E-state index contributed by atoms with van der Waals surface area (Å²) >= 11 is 0. The lowest BCUT2D eigenvalue weighted by atomic mass is 9.55. The number of fused-ring (bicyclic) bond motifs is 2. The molecule has 0 saturated heterocycles. The number of rotatable bonds is 1. The minimum Gasteiger partial charge on any atom is -0.0625 e. The maximum atomic E-state index is 2.39. The molecule has 80 valence electrons. The van der Waals surface area contributed by atoms with Crippen molar-refractivity contribution in [2.45, 2.75) is 33.1 Å². The van der Waals surface area contributed by atoms with Gasteiger partial charge < -0.3 is 0 Å². The minimum atomic E-state index is 0.886. The van der Waals surface area contributed by atoms with E-state index in [1.54, 1.807) is 11.1 Å². The van der Waals surface area contributed by atoms with E-state index < -0.39 is 0 Å². The van der Waals surface area contributed by atoms with Crippen LogP contribution in [0.5, 0.6) is 0 Å². The highest BCUT2D eigenvalue weighted by Crippen LogP contribution is 2.50. The van der Waals surface area contributed by atoms with Crippen LogP contribution in [0.3, 0.4) is 0 Å². The lowest BCUT2D eigenvalue weighted by molar-refractivity contribution is 0.0272. The Morgan fingerprint density at radius 2 is 1.73 bits per heavy atom. The first-order chi connectivity index (χ1) is 7.25. The average molecular weight is 200 g/mol. The molecular formula is C15H20. The third-order valence-electron chi connectivity index (χ3n) is 4.64. The smallest absolute Gasteiger partial charge is 0.0242 e. The fourth-order valence-electron chi connectivity index (χ4n) is 3.66. The van der Waals surface area contributed by atoms with E-state index in [2.05, 4.69) is 38.1 Å². The Labute approximate surface area is 92.7 Å². The van der Waals surface area contributed by atoms with Crippen molar-refractivity contribution in [3.63, 3.8) is 0 Å². The van der Waals surface area contributed by atoms with E-state index in [-0.39, 0.29) is 0 Å². The van der Waals surface area contributed by atoms with Gasteiger partial charge in [0, 0.05) is 0 Å². The zero-order valence-corrected chi connectivity index (χ0v) is 9.74. The summed E-state index contributed by atoms with van der Waals surface area (Å²) < 4.78 is 0. The summed E-state index contributed by atoms with van der Waals surface area (Å²) in [6.45, 7) is 4.78. The van der Waals surface area contributed by atoms with E-state index in [9.17, 15) is 0 Å². The Kier molecular flexibility index (Phi) is 2.12. The molecule has 0 spiro atoms. The highest BCUT2D eigenvalue weighted by Gasteiger charge is 2.44. The van der Waals surface area contributed by atoms with Gasteiger partial charge in [-0.2, -0.15) is 0 Å². The predicted octanol–water partition coefficient (Wildman–Crippen LogP) is 3.69. The van der Waals surface area contributed by atoms with Crippen LogP contribution < -0.4 is 0 Å². The molecule has 3 atom stereocenters. The lowest BCUT2D eigenvalue weighted by Crippen LogP contribution is -2.44. The largest absolute Gasteiger partial charge is 0.0625 e. The Hall–Kier alpha value is -0.780. The molecule has 2 aliphatic carbocycles. The van der Waals surface area contributed by atoms with E-state index in [4.69, 9.17) is 0 Å². The van der Waals surface area contributed by atoms with Gasteiger partial charge in [-0.05, 0) is 54.1 Å². The van der Waals surface area contributed by atoms with Crippen LogP contribution in [0.15, 0.2) is 24.3 Å². The van der Waals surface area contributed by atoms with Crippen molar-refractivity contribution in [1.29, 1.82) is 0 Å². The fraction of sp³-hybridized carbons (Fsp3) is 0.600. The molecule has 3 rings (SSSR count). The third-order valence-corrected chi connectivity index (χ3v) is 4.64. The van der Waals surface area contributed by atoms with Gasteiger partial charge in [0.05, 0.1) is 0 Å². The summed E-state index contributed by atoms with van der Waals surface area (Å²) in [5.41, 5.74) is 3.25. The van der Waals surface area contributed by atoms with Crippen LogP contribution in [0.2, 0.25) is 0 Å². The van der Waals surface area contributed by atoms with Gasteiger partial charge in [-0.1, -0.05) is 38.1 Å². The van der Waals surface area contributed by atoms with E-state index in [0.29, 0.717) is 0 Å². The summed E-state index contributed by atoms with van der Waals surface area (Å²) in [5.74, 6) is 3.90. The third kappa shape index (κ3) is 1.42. The maximum Gasteiger partial charge on any atom is -0.0242 e. The normalized spacial score (nSPS) is 33.1. The lowest BCUT2D eigenvalue weighted by Gasteiger charge is -2.50. The molecule has 1 aromatic carbocycles. The summed E-state index contributed by atoms with van der Waals surface area (Å²) in [5, 5.41) is 0. The SMILES string of the molecule is CC(C)C1CC2Cc3ccccc3CC21. The molecule has 0 radical (unpaired) electrons. The Morgan fingerprint density at radius 1 is 1.07 bits per heavy atom. The second-order valence-corrected chi connectivity index (χ2v) is 5.74. The molecule has 0 aliphatic heterocycles. The number of benzene rings is 1. The highest BCUT2D eigenvalue weighted by molar-refractivity contribution is 5.31. The molecule has 1 aromatic rings. The predicted molar refractivity (Wildman–Crippen MR) is 63.8 cm³/mol. The van der Waals surface area contributed by atoms with Crippen LogP contribution in [-0.2, 0) is 12.8 Å². The molecule has 0 N–H and O–H groups in total. The molecule has 0 nitrogen and oxygen atoms in total. The molecule has 2 aliphatic rings. The molecule has 3 unspecified atom stereocenters. The fourth-order valence-corrected chi connectivity index (χ4v) is 3.66.